The quantitative estimate of drug-likeness (QED) is 0.706. The SMILES string of the molecule is CCC(=O)N1Cc2cc(C)c(C(F)(F)F)cc2C1.O=C1NC(=O)C(c2cnccn2)N1. The number of benzene rings is 1. The van der Waals surface area contributed by atoms with Crippen LogP contribution in [0, 0.1) is 6.92 Å². The van der Waals surface area contributed by atoms with Gasteiger partial charge in [0.05, 0.1) is 17.5 Å². The smallest absolute Gasteiger partial charge is 0.334 e. The second kappa shape index (κ2) is 8.70. The van der Waals surface area contributed by atoms with E-state index in [4.69, 9.17) is 0 Å². The first-order valence-electron chi connectivity index (χ1n) is 9.44. The van der Waals surface area contributed by atoms with Crippen LogP contribution in [-0.2, 0) is 28.9 Å². The van der Waals surface area contributed by atoms with Crippen molar-refractivity contribution in [3.8, 4) is 0 Å². The Balaban J connectivity index is 0.000000185. The standard InChI is InChI=1S/C13H14F3NO.C7H6N4O2/c1-3-12(18)17-6-9-4-8(2)11(13(14,15)16)5-10(9)7-17;12-6-5(10-7(13)11-6)4-3-8-1-2-9-4/h4-5H,3,6-7H2,1-2H3;1-3,5H,(H2,10,11,12,13). The van der Waals surface area contributed by atoms with Crippen molar-refractivity contribution in [2.75, 3.05) is 0 Å². The summed E-state index contributed by atoms with van der Waals surface area (Å²) in [7, 11) is 0. The van der Waals surface area contributed by atoms with E-state index in [0.717, 1.165) is 5.56 Å². The number of imide groups is 1. The van der Waals surface area contributed by atoms with Crippen molar-refractivity contribution in [3.05, 3.63) is 58.7 Å². The van der Waals surface area contributed by atoms with E-state index < -0.39 is 29.7 Å². The van der Waals surface area contributed by atoms with Gasteiger partial charge in [0.1, 0.15) is 0 Å². The van der Waals surface area contributed by atoms with Gasteiger partial charge in [0.25, 0.3) is 5.91 Å². The predicted molar refractivity (Wildman–Crippen MR) is 102 cm³/mol. The number of carbonyl (C=O) groups excluding carboxylic acids is 3. The Labute approximate surface area is 175 Å². The summed E-state index contributed by atoms with van der Waals surface area (Å²) in [5.74, 6) is -0.428. The first-order valence-corrected chi connectivity index (χ1v) is 9.44. The topological polar surface area (TPSA) is 104 Å². The molecule has 0 spiro atoms. The molecule has 2 aromatic rings. The minimum absolute atomic E-state index is 0.0302. The molecule has 0 bridgehead atoms. The van der Waals surface area contributed by atoms with Gasteiger partial charge in [0.15, 0.2) is 6.04 Å². The Morgan fingerprint density at radius 2 is 1.87 bits per heavy atom. The van der Waals surface area contributed by atoms with Gasteiger partial charge in [-0.2, -0.15) is 13.2 Å². The summed E-state index contributed by atoms with van der Waals surface area (Å²) in [5, 5.41) is 4.53. The molecule has 2 N–H and O–H groups in total. The van der Waals surface area contributed by atoms with E-state index in [1.54, 1.807) is 17.9 Å². The highest BCUT2D eigenvalue weighted by atomic mass is 19.4. The van der Waals surface area contributed by atoms with E-state index in [1.165, 1.54) is 31.6 Å². The van der Waals surface area contributed by atoms with Gasteiger partial charge in [-0.05, 0) is 29.7 Å². The minimum atomic E-state index is -4.33. The Hall–Kier alpha value is -3.50. The molecule has 2 aliphatic heterocycles. The second-order valence-electron chi connectivity index (χ2n) is 7.06. The molecule has 0 saturated carbocycles. The lowest BCUT2D eigenvalue weighted by molar-refractivity contribution is -0.138. The molecule has 1 aromatic heterocycles. The van der Waals surface area contributed by atoms with Crippen molar-refractivity contribution >= 4 is 17.8 Å². The molecule has 1 saturated heterocycles. The number of rotatable bonds is 2. The molecule has 1 aromatic carbocycles. The summed E-state index contributed by atoms with van der Waals surface area (Å²) in [5.41, 5.74) is 1.47. The molecule has 2 aliphatic rings. The third-order valence-electron chi connectivity index (χ3n) is 4.88. The van der Waals surface area contributed by atoms with Crippen molar-refractivity contribution in [2.24, 2.45) is 0 Å². The maximum Gasteiger partial charge on any atom is 0.416 e. The second-order valence-corrected chi connectivity index (χ2v) is 7.06. The highest BCUT2D eigenvalue weighted by Gasteiger charge is 2.35. The van der Waals surface area contributed by atoms with Gasteiger partial charge < -0.3 is 10.2 Å². The molecule has 1 unspecified atom stereocenters. The Kier molecular flexibility index (Phi) is 6.23. The molecule has 11 heteroatoms. The molecule has 0 radical (unpaired) electrons. The number of aryl methyl sites for hydroxylation is 1. The number of urea groups is 1. The zero-order valence-corrected chi connectivity index (χ0v) is 16.8. The van der Waals surface area contributed by atoms with Crippen LogP contribution in [0.5, 0.6) is 0 Å². The Morgan fingerprint density at radius 1 is 1.19 bits per heavy atom. The van der Waals surface area contributed by atoms with Gasteiger partial charge in [0.2, 0.25) is 5.91 Å². The number of aromatic nitrogens is 2. The van der Waals surface area contributed by atoms with Crippen LogP contribution in [0.15, 0.2) is 30.7 Å². The maximum absolute atomic E-state index is 12.8. The average molecular weight is 435 g/mol. The van der Waals surface area contributed by atoms with E-state index in [9.17, 15) is 27.6 Å². The fraction of sp³-hybridized carbons (Fsp3) is 0.350. The molecule has 8 nitrogen and oxygen atoms in total. The highest BCUT2D eigenvalue weighted by molar-refractivity contribution is 6.04. The minimum Gasteiger partial charge on any atom is -0.334 e. The van der Waals surface area contributed by atoms with E-state index in [1.807, 2.05) is 0 Å². The number of hydrogen-bond donors (Lipinski definition) is 2. The van der Waals surface area contributed by atoms with Crippen LogP contribution in [-0.4, -0.2) is 32.7 Å². The number of nitrogens with zero attached hydrogens (tertiary/aromatic N) is 3. The van der Waals surface area contributed by atoms with Gasteiger partial charge in [-0.15, -0.1) is 0 Å². The van der Waals surface area contributed by atoms with Gasteiger partial charge in [-0.1, -0.05) is 13.0 Å². The lowest BCUT2D eigenvalue weighted by Gasteiger charge is -2.13. The monoisotopic (exact) mass is 435 g/mol. The van der Waals surface area contributed by atoms with Crippen LogP contribution in [0.2, 0.25) is 0 Å². The summed E-state index contributed by atoms with van der Waals surface area (Å²) in [6, 6.07) is 1.51. The predicted octanol–water partition coefficient (Wildman–Crippen LogP) is 2.62. The largest absolute Gasteiger partial charge is 0.416 e. The van der Waals surface area contributed by atoms with Crippen LogP contribution >= 0.6 is 0 Å². The lowest BCUT2D eigenvalue weighted by atomic mass is 10.0. The van der Waals surface area contributed by atoms with E-state index in [-0.39, 0.29) is 18.0 Å². The third kappa shape index (κ3) is 4.98. The van der Waals surface area contributed by atoms with Crippen LogP contribution in [0.1, 0.15) is 47.3 Å². The number of hydrogen-bond acceptors (Lipinski definition) is 5. The lowest BCUT2D eigenvalue weighted by Crippen LogP contribution is -2.23. The molecule has 3 heterocycles. The summed E-state index contributed by atoms with van der Waals surface area (Å²) in [6.07, 6.45) is 0.446. The third-order valence-corrected chi connectivity index (χ3v) is 4.88. The molecule has 0 aliphatic carbocycles. The normalized spacial score (nSPS) is 17.5. The van der Waals surface area contributed by atoms with Crippen LogP contribution in [0.25, 0.3) is 0 Å². The van der Waals surface area contributed by atoms with Crippen molar-refractivity contribution < 1.29 is 27.6 Å². The molecule has 164 valence electrons. The Morgan fingerprint density at radius 3 is 2.39 bits per heavy atom. The number of alkyl halides is 3. The van der Waals surface area contributed by atoms with Crippen LogP contribution in [0.4, 0.5) is 18.0 Å². The van der Waals surface area contributed by atoms with E-state index in [2.05, 4.69) is 20.6 Å². The van der Waals surface area contributed by atoms with Crippen molar-refractivity contribution in [2.45, 2.75) is 45.6 Å². The number of carbonyl (C=O) groups is 3. The zero-order valence-electron chi connectivity index (χ0n) is 16.8. The van der Waals surface area contributed by atoms with Crippen molar-refractivity contribution in [1.82, 2.24) is 25.5 Å². The molecule has 1 fully saturated rings. The number of fused-ring (bicyclic) bond motifs is 1. The van der Waals surface area contributed by atoms with Gasteiger partial charge in [-0.25, -0.2) is 4.79 Å². The summed E-state index contributed by atoms with van der Waals surface area (Å²) in [6.45, 7) is 3.90. The average Bonchev–Trinajstić information content (AvgIpc) is 3.29. The van der Waals surface area contributed by atoms with Gasteiger partial charge in [0, 0.05) is 31.9 Å². The molecule has 4 rings (SSSR count). The first kappa shape index (κ1) is 22.2. The number of halogens is 3. The molecular weight excluding hydrogens is 415 g/mol. The fourth-order valence-electron chi connectivity index (χ4n) is 3.36. The maximum atomic E-state index is 12.8. The molecule has 4 amide bonds. The first-order chi connectivity index (χ1) is 14.6. The summed E-state index contributed by atoms with van der Waals surface area (Å²) < 4.78 is 38.3. The highest BCUT2D eigenvalue weighted by Crippen LogP contribution is 2.35. The molecule has 1 atom stereocenters. The van der Waals surface area contributed by atoms with Gasteiger partial charge in [-0.3, -0.25) is 24.9 Å². The zero-order chi connectivity index (χ0) is 22.8. The summed E-state index contributed by atoms with van der Waals surface area (Å²) in [4.78, 5) is 42.7. The number of nitrogens with one attached hydrogen (secondary N) is 2. The van der Waals surface area contributed by atoms with Gasteiger partial charge >= 0.3 is 12.2 Å². The molecular formula is C20H20F3N5O3. The van der Waals surface area contributed by atoms with Crippen LogP contribution in [0.3, 0.4) is 0 Å². The van der Waals surface area contributed by atoms with Crippen molar-refractivity contribution in [3.63, 3.8) is 0 Å². The van der Waals surface area contributed by atoms with E-state index in [0.29, 0.717) is 24.2 Å². The van der Waals surface area contributed by atoms with Crippen LogP contribution < -0.4 is 10.6 Å². The number of amides is 4. The Bertz CT molecular complexity index is 1010. The molecule has 31 heavy (non-hydrogen) atoms. The summed E-state index contributed by atoms with van der Waals surface area (Å²) >= 11 is 0. The van der Waals surface area contributed by atoms with E-state index >= 15 is 0 Å². The van der Waals surface area contributed by atoms with Crippen molar-refractivity contribution in [1.29, 1.82) is 0 Å². The fourth-order valence-corrected chi connectivity index (χ4v) is 3.36.